The zero-order valence-electron chi connectivity index (χ0n) is 6.45. The first-order valence-corrected chi connectivity index (χ1v) is 4.45. The lowest BCUT2D eigenvalue weighted by atomic mass is 10.2. The minimum atomic E-state index is -0.449. The second-order valence-electron chi connectivity index (χ2n) is 2.61. The van der Waals surface area contributed by atoms with Gasteiger partial charge in [-0.05, 0) is 12.1 Å². The van der Waals surface area contributed by atoms with Crippen LogP contribution in [0.1, 0.15) is 10.4 Å². The van der Waals surface area contributed by atoms with E-state index in [1.165, 1.54) is 11.4 Å². The molecule has 1 N–H and O–H groups in total. The highest BCUT2D eigenvalue weighted by Crippen LogP contribution is 2.32. The van der Waals surface area contributed by atoms with Crippen LogP contribution in [0.2, 0.25) is 0 Å². The number of benzene rings is 1. The molecule has 0 aliphatic heterocycles. The maximum Gasteiger partial charge on any atom is 0.150 e. The number of fused-ring (bicyclic) bond motifs is 1. The van der Waals surface area contributed by atoms with E-state index in [0.717, 1.165) is 11.3 Å². The third-order valence-electron chi connectivity index (χ3n) is 1.77. The van der Waals surface area contributed by atoms with Gasteiger partial charge in [-0.3, -0.25) is 4.79 Å². The molecule has 0 unspecified atom stereocenters. The third kappa shape index (κ3) is 1.19. The number of thiophene rings is 1. The number of phenols is 1. The number of halogens is 1. The van der Waals surface area contributed by atoms with Gasteiger partial charge >= 0.3 is 0 Å². The van der Waals surface area contributed by atoms with E-state index in [0.29, 0.717) is 16.5 Å². The fraction of sp³-hybridized carbons (Fsp3) is 0. The van der Waals surface area contributed by atoms with Crippen LogP contribution < -0.4 is 0 Å². The lowest BCUT2D eigenvalue weighted by Crippen LogP contribution is -1.79. The van der Waals surface area contributed by atoms with Crippen molar-refractivity contribution in [1.82, 2.24) is 0 Å². The molecule has 0 saturated heterocycles. The second-order valence-corrected chi connectivity index (χ2v) is 3.53. The van der Waals surface area contributed by atoms with Crippen molar-refractivity contribution >= 4 is 27.7 Å². The van der Waals surface area contributed by atoms with E-state index in [-0.39, 0.29) is 11.1 Å². The summed E-state index contributed by atoms with van der Waals surface area (Å²) in [5.74, 6) is -0.631. The minimum absolute atomic E-state index is 0.182. The van der Waals surface area contributed by atoms with Crippen molar-refractivity contribution in [2.45, 2.75) is 0 Å². The Morgan fingerprint density at radius 1 is 1.46 bits per heavy atom. The number of hydrogen-bond acceptors (Lipinski definition) is 3. The molecule has 0 atom stereocenters. The molecule has 0 aliphatic rings. The number of carbonyl (C=O) groups is 1. The SMILES string of the molecule is O=Cc1cc(O)c2c(F)csc2c1. The van der Waals surface area contributed by atoms with E-state index in [4.69, 9.17) is 0 Å². The molecule has 0 fully saturated rings. The molecule has 4 heteroatoms. The van der Waals surface area contributed by atoms with Crippen molar-refractivity contribution in [2.24, 2.45) is 0 Å². The minimum Gasteiger partial charge on any atom is -0.507 e. The summed E-state index contributed by atoms with van der Waals surface area (Å²) >= 11 is 1.16. The summed E-state index contributed by atoms with van der Waals surface area (Å²) in [6.45, 7) is 0. The van der Waals surface area contributed by atoms with E-state index in [1.807, 2.05) is 0 Å². The van der Waals surface area contributed by atoms with Crippen LogP contribution in [0.15, 0.2) is 17.5 Å². The molecule has 0 radical (unpaired) electrons. The van der Waals surface area contributed by atoms with Crippen LogP contribution in [0.25, 0.3) is 10.1 Å². The first-order valence-electron chi connectivity index (χ1n) is 3.57. The summed E-state index contributed by atoms with van der Waals surface area (Å²) < 4.78 is 13.6. The van der Waals surface area contributed by atoms with Crippen LogP contribution >= 0.6 is 11.3 Å². The van der Waals surface area contributed by atoms with Crippen molar-refractivity contribution < 1.29 is 14.3 Å². The summed E-state index contributed by atoms with van der Waals surface area (Å²) in [6, 6.07) is 2.81. The summed E-state index contributed by atoms with van der Waals surface area (Å²) in [5, 5.41) is 10.9. The van der Waals surface area contributed by atoms with E-state index in [2.05, 4.69) is 0 Å². The zero-order valence-corrected chi connectivity index (χ0v) is 7.27. The highest BCUT2D eigenvalue weighted by atomic mass is 32.1. The molecule has 2 aromatic rings. The Bertz CT molecular complexity index is 476. The average Bonchev–Trinajstić information content (AvgIpc) is 2.48. The van der Waals surface area contributed by atoms with Crippen LogP contribution in [0.4, 0.5) is 4.39 Å². The molecule has 2 nitrogen and oxygen atoms in total. The van der Waals surface area contributed by atoms with E-state index in [1.54, 1.807) is 6.07 Å². The summed E-state index contributed by atoms with van der Waals surface area (Å²) in [5.41, 5.74) is 0.354. The number of aromatic hydroxyl groups is 1. The molecule has 0 saturated carbocycles. The molecule has 13 heavy (non-hydrogen) atoms. The van der Waals surface area contributed by atoms with Crippen molar-refractivity contribution in [3.8, 4) is 5.75 Å². The molecule has 0 spiro atoms. The van der Waals surface area contributed by atoms with Gasteiger partial charge in [0.2, 0.25) is 0 Å². The van der Waals surface area contributed by atoms with Gasteiger partial charge in [0.25, 0.3) is 0 Å². The first-order chi connectivity index (χ1) is 6.22. The van der Waals surface area contributed by atoms with Gasteiger partial charge in [-0.1, -0.05) is 0 Å². The Balaban J connectivity index is 2.86. The Hall–Kier alpha value is -1.42. The molecule has 66 valence electrons. The maximum atomic E-state index is 13.0. The van der Waals surface area contributed by atoms with Crippen molar-refractivity contribution in [2.75, 3.05) is 0 Å². The zero-order chi connectivity index (χ0) is 9.42. The normalized spacial score (nSPS) is 10.5. The average molecular weight is 196 g/mol. The monoisotopic (exact) mass is 196 g/mol. The van der Waals surface area contributed by atoms with Crippen molar-refractivity contribution in [1.29, 1.82) is 0 Å². The summed E-state index contributed by atoms with van der Waals surface area (Å²) in [6.07, 6.45) is 0.622. The van der Waals surface area contributed by atoms with Gasteiger partial charge in [-0.25, -0.2) is 4.39 Å². The number of rotatable bonds is 1. The molecule has 1 heterocycles. The van der Waals surface area contributed by atoms with Gasteiger partial charge in [0.1, 0.15) is 17.9 Å². The van der Waals surface area contributed by atoms with Gasteiger partial charge in [0, 0.05) is 15.6 Å². The van der Waals surface area contributed by atoms with Crippen molar-refractivity contribution in [3.05, 3.63) is 28.9 Å². The van der Waals surface area contributed by atoms with Crippen LogP contribution in [0, 0.1) is 5.82 Å². The van der Waals surface area contributed by atoms with Crippen LogP contribution in [-0.4, -0.2) is 11.4 Å². The molecule has 1 aromatic carbocycles. The lowest BCUT2D eigenvalue weighted by molar-refractivity contribution is 0.112. The Kier molecular flexibility index (Phi) is 1.77. The number of hydrogen-bond donors (Lipinski definition) is 1. The molecular weight excluding hydrogens is 191 g/mol. The Labute approximate surface area is 77.2 Å². The van der Waals surface area contributed by atoms with E-state index >= 15 is 0 Å². The maximum absolute atomic E-state index is 13.0. The largest absolute Gasteiger partial charge is 0.507 e. The standard InChI is InChI=1S/C9H5FO2S/c10-6-4-13-8-2-5(3-11)1-7(12)9(6)8/h1-4,12H. The molecular formula is C9H5FO2S. The van der Waals surface area contributed by atoms with Crippen LogP contribution in [-0.2, 0) is 0 Å². The summed E-state index contributed by atoms with van der Waals surface area (Å²) in [7, 11) is 0. The molecule has 1 aromatic heterocycles. The number of phenolic OH excluding ortho intramolecular Hbond substituents is 1. The molecule has 0 amide bonds. The number of aldehydes is 1. The van der Waals surface area contributed by atoms with Gasteiger partial charge in [0.15, 0.2) is 0 Å². The number of carbonyl (C=O) groups excluding carboxylic acids is 1. The van der Waals surface area contributed by atoms with Crippen LogP contribution in [0.3, 0.4) is 0 Å². The molecule has 0 aliphatic carbocycles. The summed E-state index contributed by atoms with van der Waals surface area (Å²) in [4.78, 5) is 10.4. The third-order valence-corrected chi connectivity index (χ3v) is 2.67. The van der Waals surface area contributed by atoms with Gasteiger partial charge in [-0.15, -0.1) is 11.3 Å². The van der Waals surface area contributed by atoms with E-state index in [9.17, 15) is 14.3 Å². The van der Waals surface area contributed by atoms with E-state index < -0.39 is 5.82 Å². The quantitative estimate of drug-likeness (QED) is 0.711. The lowest BCUT2D eigenvalue weighted by Gasteiger charge is -1.96. The van der Waals surface area contributed by atoms with Crippen molar-refractivity contribution in [3.63, 3.8) is 0 Å². The highest BCUT2D eigenvalue weighted by Gasteiger charge is 2.09. The van der Waals surface area contributed by atoms with Gasteiger partial charge in [-0.2, -0.15) is 0 Å². The van der Waals surface area contributed by atoms with Crippen LogP contribution in [0.5, 0.6) is 5.75 Å². The fourth-order valence-electron chi connectivity index (χ4n) is 1.20. The van der Waals surface area contributed by atoms with Gasteiger partial charge in [0.05, 0.1) is 5.39 Å². The first kappa shape index (κ1) is 8.19. The predicted molar refractivity (Wildman–Crippen MR) is 48.8 cm³/mol. The van der Waals surface area contributed by atoms with Gasteiger partial charge < -0.3 is 5.11 Å². The highest BCUT2D eigenvalue weighted by molar-refractivity contribution is 7.17. The Morgan fingerprint density at radius 3 is 2.92 bits per heavy atom. The topological polar surface area (TPSA) is 37.3 Å². The molecule has 0 bridgehead atoms. The Morgan fingerprint density at radius 2 is 2.23 bits per heavy atom. The fourth-order valence-corrected chi connectivity index (χ4v) is 2.07. The predicted octanol–water partition coefficient (Wildman–Crippen LogP) is 2.56. The smallest absolute Gasteiger partial charge is 0.150 e. The molecule has 2 rings (SSSR count). The second kappa shape index (κ2) is 2.81.